The van der Waals surface area contributed by atoms with Gasteiger partial charge in [0.05, 0.1) is 17.4 Å². The lowest BCUT2D eigenvalue weighted by molar-refractivity contribution is 0.0491. The topological polar surface area (TPSA) is 66.8 Å². The minimum Gasteiger partial charge on any atom is -0.390 e. The van der Waals surface area contributed by atoms with Gasteiger partial charge >= 0.3 is 5.77 Å². The Hall–Kier alpha value is 0.805. The first-order chi connectivity index (χ1) is 6.35. The monoisotopic (exact) mass is 260 g/mol. The molecule has 2 unspecified atom stereocenters. The number of aliphatic hydroxyl groups is 1. The molecule has 1 aliphatic rings. The molecule has 1 rings (SSSR count). The van der Waals surface area contributed by atoms with Gasteiger partial charge in [0.15, 0.2) is 0 Å². The molecule has 1 saturated heterocycles. The Morgan fingerprint density at radius 1 is 1.71 bits per heavy atom. The lowest BCUT2D eigenvalue weighted by Crippen LogP contribution is -2.30. The molecule has 1 heterocycles. The van der Waals surface area contributed by atoms with Crippen LogP contribution in [0, 0.1) is 0 Å². The first-order valence-corrected chi connectivity index (χ1v) is 8.28. The Kier molecular flexibility index (Phi) is 4.38. The second-order valence-electron chi connectivity index (χ2n) is 3.09. The van der Waals surface area contributed by atoms with Gasteiger partial charge < -0.3 is 14.7 Å². The highest BCUT2D eigenvalue weighted by Crippen LogP contribution is 2.62. The van der Waals surface area contributed by atoms with Crippen LogP contribution in [0.5, 0.6) is 0 Å². The number of rotatable bonds is 3. The van der Waals surface area contributed by atoms with Crippen LogP contribution in [0.15, 0.2) is 0 Å². The van der Waals surface area contributed by atoms with E-state index in [1.165, 1.54) is 0 Å². The quantitative estimate of drug-likeness (QED) is 0.373. The summed E-state index contributed by atoms with van der Waals surface area (Å²) in [5.74, 6) is -3.62. The molecule has 0 amide bonds. The molecule has 0 radical (unpaired) electrons. The minimum atomic E-state index is -3.62. The lowest BCUT2D eigenvalue weighted by Gasteiger charge is -2.18. The molecule has 1 fully saturated rings. The summed E-state index contributed by atoms with van der Waals surface area (Å²) in [4.78, 5) is 8.99. The summed E-state index contributed by atoms with van der Waals surface area (Å²) in [6, 6.07) is -0.520. The normalized spacial score (nSPS) is 42.3. The Morgan fingerprint density at radius 2 is 2.29 bits per heavy atom. The molecular formula is C5H11BFO4PS2. The maximum atomic E-state index is 12.4. The molecule has 0 saturated carbocycles. The first-order valence-electron chi connectivity index (χ1n) is 3.98. The number of thiol groups is 1. The third-order valence-corrected chi connectivity index (χ3v) is 5.49. The number of alkyl halides is 1. The third-order valence-electron chi connectivity index (χ3n) is 1.98. The highest BCUT2D eigenvalue weighted by molar-refractivity contribution is 8.84. The summed E-state index contributed by atoms with van der Waals surface area (Å²) in [5.41, 5.74) is 0. The van der Waals surface area contributed by atoms with E-state index in [1.807, 2.05) is 0 Å². The van der Waals surface area contributed by atoms with Gasteiger partial charge in [-0.25, -0.2) is 4.39 Å². The van der Waals surface area contributed by atoms with Crippen LogP contribution in [-0.4, -0.2) is 48.0 Å². The van der Waals surface area contributed by atoms with E-state index in [0.29, 0.717) is 11.4 Å². The lowest BCUT2D eigenvalue weighted by atomic mass is 9.94. The highest BCUT2D eigenvalue weighted by atomic mass is 33.1. The zero-order valence-electron chi connectivity index (χ0n) is 7.41. The Bertz CT molecular complexity index is 252. The van der Waals surface area contributed by atoms with E-state index in [4.69, 9.17) is 9.63 Å². The fourth-order valence-electron chi connectivity index (χ4n) is 1.33. The Labute approximate surface area is 91.4 Å². The zero-order chi connectivity index (χ0) is 10.9. The van der Waals surface area contributed by atoms with Crippen molar-refractivity contribution < 1.29 is 23.7 Å². The molecule has 9 heteroatoms. The zero-order valence-corrected chi connectivity index (χ0v) is 10.0. The van der Waals surface area contributed by atoms with Crippen molar-refractivity contribution in [1.82, 2.24) is 0 Å². The van der Waals surface area contributed by atoms with Crippen molar-refractivity contribution in [2.75, 3.05) is 6.67 Å². The Balaban J connectivity index is 2.69. The van der Waals surface area contributed by atoms with Gasteiger partial charge in [-0.05, 0) is 0 Å². The van der Waals surface area contributed by atoms with Gasteiger partial charge in [0.2, 0.25) is 0 Å². The summed E-state index contributed by atoms with van der Waals surface area (Å²) in [6.45, 7) is -0.785. The molecule has 0 aromatic carbocycles. The van der Waals surface area contributed by atoms with Crippen LogP contribution in [0.25, 0.3) is 0 Å². The van der Waals surface area contributed by atoms with Crippen molar-refractivity contribution >= 4 is 37.2 Å². The van der Waals surface area contributed by atoms with Gasteiger partial charge in [-0.3, -0.25) is 4.57 Å². The van der Waals surface area contributed by atoms with Crippen LogP contribution in [0.4, 0.5) is 4.39 Å². The molecule has 1 aliphatic heterocycles. The maximum Gasteiger partial charge on any atom is 0.308 e. The van der Waals surface area contributed by atoms with Crippen molar-refractivity contribution in [3.05, 3.63) is 0 Å². The number of hydrogen-bond acceptors (Lipinski definition) is 4. The molecule has 82 valence electrons. The van der Waals surface area contributed by atoms with Crippen LogP contribution >= 0.6 is 29.4 Å². The molecular weight excluding hydrogens is 249 g/mol. The van der Waals surface area contributed by atoms with E-state index in [9.17, 15) is 14.1 Å². The van der Waals surface area contributed by atoms with Gasteiger partial charge in [-0.2, -0.15) is 0 Å². The Morgan fingerprint density at radius 3 is 2.71 bits per heavy atom. The number of aliphatic hydroxyl groups excluding tert-OH is 1. The molecule has 14 heavy (non-hydrogen) atoms. The van der Waals surface area contributed by atoms with Crippen molar-refractivity contribution in [2.24, 2.45) is 0 Å². The van der Waals surface area contributed by atoms with Crippen molar-refractivity contribution in [1.29, 1.82) is 0 Å². The van der Waals surface area contributed by atoms with Gasteiger partial charge in [0.1, 0.15) is 20.6 Å². The number of hydrogen-bond donors (Lipinski definition) is 3. The van der Waals surface area contributed by atoms with Crippen LogP contribution < -0.4 is 0 Å². The largest absolute Gasteiger partial charge is 0.390 e. The minimum absolute atomic E-state index is 0.520. The number of ether oxygens (including phenoxy) is 1. The van der Waals surface area contributed by atoms with Crippen molar-refractivity contribution in [3.63, 3.8) is 0 Å². The molecule has 0 spiro atoms. The summed E-state index contributed by atoms with van der Waals surface area (Å²) < 4.78 is 28.5. The van der Waals surface area contributed by atoms with E-state index < -0.39 is 35.9 Å². The second-order valence-corrected chi connectivity index (χ2v) is 9.38. The standard InChI is InChI=1S/C5H11BFO4PS2/c6-5-3(8)4(2(1-7)11-5)14-12(9,10)13/h2-5,8H,1,6H2,(H2,9,10,13)/t2-,3+,4?,5-/m1/s1. The van der Waals surface area contributed by atoms with Crippen molar-refractivity contribution in [3.8, 4) is 0 Å². The molecule has 0 aliphatic carbocycles. The molecule has 0 aromatic heterocycles. The molecule has 5 atom stereocenters. The molecule has 2 N–H and O–H groups in total. The van der Waals surface area contributed by atoms with E-state index in [0.717, 1.165) is 0 Å². The highest BCUT2D eigenvalue weighted by Gasteiger charge is 2.44. The molecule has 0 aromatic rings. The molecule has 4 nitrogen and oxygen atoms in total. The smallest absolute Gasteiger partial charge is 0.308 e. The van der Waals surface area contributed by atoms with E-state index in [1.54, 1.807) is 7.85 Å². The fraction of sp³-hybridized carbons (Fsp3) is 1.00. The SMILES string of the molecule is B[C@@H]1O[C@H](CF)C(SP(=O)(O)S)[C@@H]1O. The van der Waals surface area contributed by atoms with Gasteiger partial charge in [0, 0.05) is 0 Å². The maximum absolute atomic E-state index is 12.4. The van der Waals surface area contributed by atoms with E-state index >= 15 is 0 Å². The summed E-state index contributed by atoms with van der Waals surface area (Å²) in [5, 5.41) is 8.81. The van der Waals surface area contributed by atoms with Gasteiger partial charge in [-0.15, -0.1) is 0 Å². The fourth-order valence-corrected chi connectivity index (χ4v) is 4.98. The average Bonchev–Trinajstić information content (AvgIpc) is 2.30. The predicted octanol–water partition coefficient (Wildman–Crippen LogP) is -0.193. The van der Waals surface area contributed by atoms with Gasteiger partial charge in [-0.1, -0.05) is 23.6 Å². The average molecular weight is 260 g/mol. The summed E-state index contributed by atoms with van der Waals surface area (Å²) >= 11 is 4.03. The van der Waals surface area contributed by atoms with Crippen LogP contribution in [0.1, 0.15) is 0 Å². The second kappa shape index (κ2) is 4.76. The van der Waals surface area contributed by atoms with Crippen molar-refractivity contribution in [2.45, 2.75) is 23.5 Å². The molecule has 0 bridgehead atoms. The van der Waals surface area contributed by atoms with Crippen LogP contribution in [0.3, 0.4) is 0 Å². The summed E-state index contributed by atoms with van der Waals surface area (Å²) in [7, 11) is 1.59. The third kappa shape index (κ3) is 3.15. The predicted molar refractivity (Wildman–Crippen MR) is 59.4 cm³/mol. The van der Waals surface area contributed by atoms with E-state index in [2.05, 4.69) is 12.2 Å². The van der Waals surface area contributed by atoms with Crippen LogP contribution in [-0.2, 0) is 9.30 Å². The number of halogens is 1. The van der Waals surface area contributed by atoms with E-state index in [-0.39, 0.29) is 0 Å². The van der Waals surface area contributed by atoms with Gasteiger partial charge in [0.25, 0.3) is 0 Å². The summed E-state index contributed by atoms with van der Waals surface area (Å²) in [6.07, 6.45) is -1.77. The van der Waals surface area contributed by atoms with Crippen LogP contribution in [0.2, 0.25) is 0 Å². The first kappa shape index (κ1) is 12.9.